The van der Waals surface area contributed by atoms with Crippen molar-refractivity contribution in [2.24, 2.45) is 11.3 Å². The first kappa shape index (κ1) is 9.09. The topological polar surface area (TPSA) is 0 Å². The maximum atomic E-state index is 2.40. The van der Waals surface area contributed by atoms with E-state index in [0.717, 1.165) is 5.92 Å². The van der Waals surface area contributed by atoms with Crippen LogP contribution in [0.15, 0.2) is 0 Å². The second-order valence-electron chi connectivity index (χ2n) is 4.74. The Bertz CT molecular complexity index is 113. The second kappa shape index (κ2) is 3.60. The van der Waals surface area contributed by atoms with E-state index in [9.17, 15) is 0 Å². The van der Waals surface area contributed by atoms with Gasteiger partial charge in [0.15, 0.2) is 0 Å². The molecule has 1 unspecified atom stereocenters. The molecule has 0 aromatic heterocycles. The Morgan fingerprint density at radius 2 is 1.82 bits per heavy atom. The lowest BCUT2D eigenvalue weighted by Gasteiger charge is -2.01. The van der Waals surface area contributed by atoms with Gasteiger partial charge < -0.3 is 0 Å². The van der Waals surface area contributed by atoms with Gasteiger partial charge in [-0.2, -0.15) is 0 Å². The van der Waals surface area contributed by atoms with Gasteiger partial charge >= 0.3 is 0 Å². The van der Waals surface area contributed by atoms with Crippen molar-refractivity contribution in [1.29, 1.82) is 0 Å². The molecule has 0 saturated heterocycles. The van der Waals surface area contributed by atoms with E-state index in [1.165, 1.54) is 38.5 Å². The summed E-state index contributed by atoms with van der Waals surface area (Å²) in [4.78, 5) is 0. The first-order chi connectivity index (χ1) is 5.17. The van der Waals surface area contributed by atoms with E-state index in [1.807, 2.05) is 0 Å². The number of hydrogen-bond acceptors (Lipinski definition) is 0. The molecule has 0 aromatic rings. The summed E-state index contributed by atoms with van der Waals surface area (Å²) in [5.41, 5.74) is 0.714. The Morgan fingerprint density at radius 3 is 2.27 bits per heavy atom. The maximum absolute atomic E-state index is 2.40. The zero-order valence-electron chi connectivity index (χ0n) is 8.32. The molecule has 1 atom stereocenters. The molecule has 1 aliphatic carbocycles. The smallest absolute Gasteiger partial charge is 0.0323 e. The van der Waals surface area contributed by atoms with Crippen molar-refractivity contribution in [3.8, 4) is 0 Å². The van der Waals surface area contributed by atoms with Gasteiger partial charge in [0.05, 0.1) is 0 Å². The van der Waals surface area contributed by atoms with Crippen LogP contribution in [0.5, 0.6) is 0 Å². The maximum Gasteiger partial charge on any atom is -0.0323 e. The molecule has 0 radical (unpaired) electrons. The van der Waals surface area contributed by atoms with Crippen molar-refractivity contribution in [3.05, 3.63) is 0 Å². The lowest BCUT2D eigenvalue weighted by molar-refractivity contribution is 0.502. The fourth-order valence-corrected chi connectivity index (χ4v) is 1.89. The summed E-state index contributed by atoms with van der Waals surface area (Å²) in [7, 11) is 0. The number of hydrogen-bond donors (Lipinski definition) is 0. The van der Waals surface area contributed by atoms with E-state index in [-0.39, 0.29) is 0 Å². The van der Waals surface area contributed by atoms with Crippen LogP contribution in [0.3, 0.4) is 0 Å². The van der Waals surface area contributed by atoms with Gasteiger partial charge in [0, 0.05) is 0 Å². The number of unbranched alkanes of at least 4 members (excludes halogenated alkanes) is 3. The molecular formula is C11H22. The largest absolute Gasteiger partial charge is 0.0654 e. The second-order valence-corrected chi connectivity index (χ2v) is 4.74. The molecule has 0 spiro atoms. The van der Waals surface area contributed by atoms with Crippen LogP contribution in [-0.4, -0.2) is 0 Å². The van der Waals surface area contributed by atoms with Crippen LogP contribution >= 0.6 is 0 Å². The van der Waals surface area contributed by atoms with E-state index in [0.29, 0.717) is 5.41 Å². The van der Waals surface area contributed by atoms with Crippen LogP contribution in [0.1, 0.15) is 59.3 Å². The Labute approximate surface area is 71.4 Å². The summed E-state index contributed by atoms with van der Waals surface area (Å²) < 4.78 is 0. The first-order valence-electron chi connectivity index (χ1n) is 5.17. The Morgan fingerprint density at radius 1 is 1.18 bits per heavy atom. The highest BCUT2D eigenvalue weighted by molar-refractivity contribution is 4.94. The molecule has 0 heterocycles. The molecule has 66 valence electrons. The monoisotopic (exact) mass is 154 g/mol. The van der Waals surface area contributed by atoms with Gasteiger partial charge in [-0.15, -0.1) is 0 Å². The van der Waals surface area contributed by atoms with Crippen molar-refractivity contribution >= 4 is 0 Å². The molecule has 0 N–H and O–H groups in total. The van der Waals surface area contributed by atoms with E-state index in [2.05, 4.69) is 20.8 Å². The molecule has 1 aliphatic rings. The molecular weight excluding hydrogens is 132 g/mol. The van der Waals surface area contributed by atoms with E-state index >= 15 is 0 Å². The molecule has 1 fully saturated rings. The van der Waals surface area contributed by atoms with Gasteiger partial charge in [0.25, 0.3) is 0 Å². The SMILES string of the molecule is CCCCCCC1CC1(C)C. The molecule has 0 aromatic carbocycles. The zero-order valence-corrected chi connectivity index (χ0v) is 8.32. The van der Waals surface area contributed by atoms with Crippen LogP contribution < -0.4 is 0 Å². The summed E-state index contributed by atoms with van der Waals surface area (Å²) >= 11 is 0. The summed E-state index contributed by atoms with van der Waals surface area (Å²) in [5, 5.41) is 0. The average molecular weight is 154 g/mol. The van der Waals surface area contributed by atoms with Crippen LogP contribution in [-0.2, 0) is 0 Å². The van der Waals surface area contributed by atoms with Crippen molar-refractivity contribution in [2.45, 2.75) is 59.3 Å². The Balaban J connectivity index is 1.90. The minimum Gasteiger partial charge on any atom is -0.0654 e. The van der Waals surface area contributed by atoms with Crippen molar-refractivity contribution in [3.63, 3.8) is 0 Å². The number of rotatable bonds is 5. The Hall–Kier alpha value is 0. The van der Waals surface area contributed by atoms with Gasteiger partial charge in [-0.3, -0.25) is 0 Å². The van der Waals surface area contributed by atoms with Gasteiger partial charge in [0.2, 0.25) is 0 Å². The van der Waals surface area contributed by atoms with Gasteiger partial charge in [-0.05, 0) is 24.2 Å². The third kappa shape index (κ3) is 2.84. The first-order valence-corrected chi connectivity index (χ1v) is 5.17. The standard InChI is InChI=1S/C11H22/c1-4-5-6-7-8-10-9-11(10,2)3/h10H,4-9H2,1-3H3. The van der Waals surface area contributed by atoms with Gasteiger partial charge in [-0.25, -0.2) is 0 Å². The third-order valence-corrected chi connectivity index (χ3v) is 3.12. The molecule has 0 bridgehead atoms. The predicted molar refractivity (Wildman–Crippen MR) is 50.6 cm³/mol. The molecule has 0 heteroatoms. The molecule has 0 nitrogen and oxygen atoms in total. The highest BCUT2D eigenvalue weighted by atomic mass is 14.5. The van der Waals surface area contributed by atoms with Crippen LogP contribution in [0.4, 0.5) is 0 Å². The summed E-state index contributed by atoms with van der Waals surface area (Å²) in [6, 6.07) is 0. The van der Waals surface area contributed by atoms with E-state index < -0.39 is 0 Å². The lowest BCUT2D eigenvalue weighted by Crippen LogP contribution is -1.89. The van der Waals surface area contributed by atoms with E-state index in [1.54, 1.807) is 0 Å². The Kier molecular flexibility index (Phi) is 2.98. The van der Waals surface area contributed by atoms with Gasteiger partial charge in [0.1, 0.15) is 0 Å². The molecule has 1 saturated carbocycles. The summed E-state index contributed by atoms with van der Waals surface area (Å²) in [6.07, 6.45) is 8.72. The fourth-order valence-electron chi connectivity index (χ4n) is 1.89. The van der Waals surface area contributed by atoms with Crippen LogP contribution in [0.25, 0.3) is 0 Å². The van der Waals surface area contributed by atoms with Crippen LogP contribution in [0.2, 0.25) is 0 Å². The summed E-state index contributed by atoms with van der Waals surface area (Å²) in [6.45, 7) is 7.08. The third-order valence-electron chi connectivity index (χ3n) is 3.12. The molecule has 0 aliphatic heterocycles. The predicted octanol–water partition coefficient (Wildman–Crippen LogP) is 4.00. The normalized spacial score (nSPS) is 27.0. The van der Waals surface area contributed by atoms with Crippen molar-refractivity contribution < 1.29 is 0 Å². The quantitative estimate of drug-likeness (QED) is 0.525. The van der Waals surface area contributed by atoms with E-state index in [4.69, 9.17) is 0 Å². The summed E-state index contributed by atoms with van der Waals surface area (Å²) in [5.74, 6) is 1.07. The average Bonchev–Trinajstić information content (AvgIpc) is 2.52. The van der Waals surface area contributed by atoms with Crippen molar-refractivity contribution in [2.75, 3.05) is 0 Å². The highest BCUT2D eigenvalue weighted by Crippen LogP contribution is 2.54. The highest BCUT2D eigenvalue weighted by Gasteiger charge is 2.44. The lowest BCUT2D eigenvalue weighted by atomic mass is 10.0. The minimum atomic E-state index is 0.714. The zero-order chi connectivity index (χ0) is 8.32. The van der Waals surface area contributed by atoms with Crippen LogP contribution in [0, 0.1) is 11.3 Å². The minimum absolute atomic E-state index is 0.714. The molecule has 11 heavy (non-hydrogen) atoms. The molecule has 1 rings (SSSR count). The van der Waals surface area contributed by atoms with Crippen molar-refractivity contribution in [1.82, 2.24) is 0 Å². The fraction of sp³-hybridized carbons (Fsp3) is 1.00. The van der Waals surface area contributed by atoms with Gasteiger partial charge in [-0.1, -0.05) is 46.5 Å². The molecule has 0 amide bonds.